The Morgan fingerprint density at radius 2 is 1.87 bits per heavy atom. The largest absolute Gasteiger partial charge is 0.496 e. The van der Waals surface area contributed by atoms with Crippen molar-refractivity contribution in [2.45, 2.75) is 29.7 Å². The van der Waals surface area contributed by atoms with Crippen LogP contribution in [-0.4, -0.2) is 53.5 Å². The molecule has 0 bridgehead atoms. The summed E-state index contributed by atoms with van der Waals surface area (Å²) >= 11 is 0. The van der Waals surface area contributed by atoms with E-state index in [1.165, 1.54) is 19.2 Å². The predicted molar refractivity (Wildman–Crippen MR) is 111 cm³/mol. The topological polar surface area (TPSA) is 108 Å². The maximum absolute atomic E-state index is 13.3. The molecule has 0 amide bonds. The lowest BCUT2D eigenvalue weighted by Crippen LogP contribution is -2.43. The molecule has 2 aliphatic heterocycles. The molecule has 8 nitrogen and oxygen atoms in total. The molecule has 2 atom stereocenters. The molecule has 2 aromatic rings. The number of ether oxygens (including phenoxy) is 3. The van der Waals surface area contributed by atoms with E-state index < -0.39 is 36.7 Å². The second kappa shape index (κ2) is 7.75. The van der Waals surface area contributed by atoms with Crippen molar-refractivity contribution >= 4 is 19.7 Å². The van der Waals surface area contributed by atoms with Gasteiger partial charge in [-0.1, -0.05) is 6.07 Å². The Labute approximate surface area is 176 Å². The van der Waals surface area contributed by atoms with E-state index in [2.05, 4.69) is 5.32 Å². The second-order valence-electron chi connectivity index (χ2n) is 7.47. The number of aryl methyl sites for hydroxylation is 1. The molecule has 2 aliphatic rings. The summed E-state index contributed by atoms with van der Waals surface area (Å²) in [5.41, 5.74) is 1.52. The van der Waals surface area contributed by atoms with Gasteiger partial charge in [0.05, 0.1) is 28.8 Å². The summed E-state index contributed by atoms with van der Waals surface area (Å²) in [6, 6.07) is 9.26. The molecule has 4 rings (SSSR count). The first kappa shape index (κ1) is 21.0. The monoisotopic (exact) mass is 453 g/mol. The number of hydrogen-bond donors (Lipinski definition) is 1. The molecule has 162 valence electrons. The van der Waals surface area contributed by atoms with E-state index in [9.17, 15) is 16.8 Å². The van der Waals surface area contributed by atoms with Crippen molar-refractivity contribution in [2.24, 2.45) is 0 Å². The summed E-state index contributed by atoms with van der Waals surface area (Å²) in [4.78, 5) is 0.0952. The van der Waals surface area contributed by atoms with Crippen molar-refractivity contribution in [1.82, 2.24) is 5.32 Å². The maximum Gasteiger partial charge on any atom is 0.231 e. The summed E-state index contributed by atoms with van der Waals surface area (Å²) in [6.45, 7) is 2.22. The van der Waals surface area contributed by atoms with Crippen molar-refractivity contribution in [3.63, 3.8) is 0 Å². The van der Waals surface area contributed by atoms with Crippen molar-refractivity contribution in [3.05, 3.63) is 47.5 Å². The van der Waals surface area contributed by atoms with Crippen LogP contribution in [0.15, 0.2) is 41.3 Å². The van der Waals surface area contributed by atoms with E-state index in [1.54, 1.807) is 25.1 Å². The summed E-state index contributed by atoms with van der Waals surface area (Å²) in [5.74, 6) is 1.21. The summed E-state index contributed by atoms with van der Waals surface area (Å²) in [6.07, 6.45) is 0. The fraction of sp³-hybridized carbons (Fsp3) is 0.400. The minimum atomic E-state index is -3.86. The SMILES string of the molecule is COc1ccc(S(=O)(=O)C2CS(=O)(=O)CC2NCc2ccc3c(c2)OCO3)cc1C. The number of methoxy groups -OCH3 is 1. The molecule has 2 unspecified atom stereocenters. The van der Waals surface area contributed by atoms with Crippen molar-refractivity contribution in [3.8, 4) is 17.2 Å². The molecule has 0 aliphatic carbocycles. The van der Waals surface area contributed by atoms with E-state index in [1.807, 2.05) is 6.07 Å². The zero-order valence-electron chi connectivity index (χ0n) is 16.6. The van der Waals surface area contributed by atoms with Gasteiger partial charge in [0.1, 0.15) is 5.75 Å². The van der Waals surface area contributed by atoms with Gasteiger partial charge in [0.25, 0.3) is 0 Å². The van der Waals surface area contributed by atoms with E-state index in [0.717, 1.165) is 5.56 Å². The van der Waals surface area contributed by atoms with Gasteiger partial charge in [-0.15, -0.1) is 0 Å². The zero-order chi connectivity index (χ0) is 21.5. The first-order chi connectivity index (χ1) is 14.2. The normalized spacial score (nSPS) is 22.2. The Balaban J connectivity index is 1.57. The Morgan fingerprint density at radius 1 is 1.10 bits per heavy atom. The van der Waals surface area contributed by atoms with Crippen molar-refractivity contribution in [1.29, 1.82) is 0 Å². The lowest BCUT2D eigenvalue weighted by molar-refractivity contribution is 0.174. The highest BCUT2D eigenvalue weighted by atomic mass is 32.2. The van der Waals surface area contributed by atoms with Gasteiger partial charge in [-0.05, 0) is 48.4 Å². The standard InChI is InChI=1S/C20H23NO7S2/c1-13-7-15(4-6-17(13)26-2)30(24,25)20-11-29(22,23)10-16(20)21-9-14-3-5-18-19(8-14)28-12-27-18/h3-8,16,20-21H,9-12H2,1-2H3. The van der Waals surface area contributed by atoms with Crippen LogP contribution >= 0.6 is 0 Å². The average Bonchev–Trinajstić information content (AvgIpc) is 3.29. The molecule has 0 spiro atoms. The third-order valence-electron chi connectivity index (χ3n) is 5.40. The smallest absolute Gasteiger partial charge is 0.231 e. The van der Waals surface area contributed by atoms with E-state index in [-0.39, 0.29) is 17.4 Å². The van der Waals surface area contributed by atoms with Gasteiger partial charge in [-0.25, -0.2) is 16.8 Å². The van der Waals surface area contributed by atoms with Crippen LogP contribution < -0.4 is 19.5 Å². The second-order valence-corrected chi connectivity index (χ2v) is 11.8. The van der Waals surface area contributed by atoms with Gasteiger partial charge >= 0.3 is 0 Å². The quantitative estimate of drug-likeness (QED) is 0.701. The first-order valence-corrected chi connectivity index (χ1v) is 12.8. The van der Waals surface area contributed by atoms with Crippen LogP contribution in [0.3, 0.4) is 0 Å². The minimum Gasteiger partial charge on any atom is -0.496 e. The van der Waals surface area contributed by atoms with Crippen molar-refractivity contribution < 1.29 is 31.0 Å². The maximum atomic E-state index is 13.3. The molecular weight excluding hydrogens is 430 g/mol. The highest BCUT2D eigenvalue weighted by Crippen LogP contribution is 2.33. The Morgan fingerprint density at radius 3 is 2.60 bits per heavy atom. The van der Waals surface area contributed by atoms with E-state index >= 15 is 0 Å². The van der Waals surface area contributed by atoms with Gasteiger partial charge in [0.2, 0.25) is 6.79 Å². The Bertz CT molecular complexity index is 1180. The number of rotatable bonds is 6. The van der Waals surface area contributed by atoms with E-state index in [0.29, 0.717) is 29.4 Å². The zero-order valence-corrected chi connectivity index (χ0v) is 18.3. The van der Waals surface area contributed by atoms with Gasteiger partial charge < -0.3 is 19.5 Å². The average molecular weight is 454 g/mol. The molecule has 1 saturated heterocycles. The first-order valence-electron chi connectivity index (χ1n) is 9.40. The third-order valence-corrected chi connectivity index (χ3v) is 9.55. The molecule has 10 heteroatoms. The van der Waals surface area contributed by atoms with Gasteiger partial charge in [0.15, 0.2) is 31.2 Å². The molecule has 0 radical (unpaired) electrons. The van der Waals surface area contributed by atoms with Crippen LogP contribution in [0.1, 0.15) is 11.1 Å². The van der Waals surface area contributed by atoms with Crippen LogP contribution in [0.4, 0.5) is 0 Å². The fourth-order valence-corrected chi connectivity index (χ4v) is 8.61. The fourth-order valence-electron chi connectivity index (χ4n) is 3.81. The lowest BCUT2D eigenvalue weighted by Gasteiger charge is -2.20. The highest BCUT2D eigenvalue weighted by Gasteiger charge is 2.45. The summed E-state index contributed by atoms with van der Waals surface area (Å²) in [7, 11) is -5.84. The van der Waals surface area contributed by atoms with Gasteiger partial charge in [0, 0.05) is 12.6 Å². The van der Waals surface area contributed by atoms with Crippen LogP contribution in [-0.2, 0) is 26.2 Å². The molecule has 2 heterocycles. The molecule has 0 aromatic heterocycles. The summed E-state index contributed by atoms with van der Waals surface area (Å²) < 4.78 is 67.0. The van der Waals surface area contributed by atoms with Crippen LogP contribution in [0.5, 0.6) is 17.2 Å². The number of hydrogen-bond acceptors (Lipinski definition) is 8. The molecule has 1 fully saturated rings. The van der Waals surface area contributed by atoms with Crippen LogP contribution in [0.2, 0.25) is 0 Å². The molecule has 2 aromatic carbocycles. The predicted octanol–water partition coefficient (Wildman–Crippen LogP) is 1.46. The van der Waals surface area contributed by atoms with E-state index in [4.69, 9.17) is 14.2 Å². The number of benzene rings is 2. The Hall–Kier alpha value is -2.30. The third kappa shape index (κ3) is 3.99. The molecule has 30 heavy (non-hydrogen) atoms. The minimum absolute atomic E-state index is 0.0952. The highest BCUT2D eigenvalue weighted by molar-refractivity contribution is 7.96. The van der Waals surface area contributed by atoms with Crippen LogP contribution in [0, 0.1) is 6.92 Å². The van der Waals surface area contributed by atoms with Crippen molar-refractivity contribution in [2.75, 3.05) is 25.4 Å². The number of sulfone groups is 2. The van der Waals surface area contributed by atoms with Gasteiger partial charge in [-0.3, -0.25) is 0 Å². The summed E-state index contributed by atoms with van der Waals surface area (Å²) in [5, 5.41) is 2.06. The Kier molecular flexibility index (Phi) is 5.41. The van der Waals surface area contributed by atoms with Crippen LogP contribution in [0.25, 0.3) is 0 Å². The lowest BCUT2D eigenvalue weighted by atomic mass is 10.2. The molecule has 0 saturated carbocycles. The number of fused-ring (bicyclic) bond motifs is 1. The number of nitrogens with one attached hydrogen (secondary N) is 1. The molecule has 1 N–H and O–H groups in total. The van der Waals surface area contributed by atoms with Gasteiger partial charge in [-0.2, -0.15) is 0 Å². The molecular formula is C20H23NO7S2.